The Labute approximate surface area is 132 Å². The SMILES string of the molecule is c1ccc(COCCOCCOCCO[C@H]2CCNC2)cc1. The molecule has 1 aliphatic heterocycles. The molecule has 0 unspecified atom stereocenters. The van der Waals surface area contributed by atoms with Gasteiger partial charge in [-0.25, -0.2) is 0 Å². The lowest BCUT2D eigenvalue weighted by Crippen LogP contribution is -2.19. The summed E-state index contributed by atoms with van der Waals surface area (Å²) in [5.41, 5.74) is 1.18. The second-order valence-corrected chi connectivity index (χ2v) is 5.25. The van der Waals surface area contributed by atoms with Gasteiger partial charge in [0.25, 0.3) is 0 Å². The van der Waals surface area contributed by atoms with E-state index in [9.17, 15) is 0 Å². The molecule has 1 fully saturated rings. The molecule has 0 amide bonds. The Morgan fingerprint density at radius 2 is 1.55 bits per heavy atom. The van der Waals surface area contributed by atoms with Crippen LogP contribution in [0.3, 0.4) is 0 Å². The molecule has 1 aliphatic rings. The monoisotopic (exact) mass is 309 g/mol. The molecule has 1 N–H and O–H groups in total. The van der Waals surface area contributed by atoms with Crippen molar-refractivity contribution in [2.24, 2.45) is 0 Å². The first-order valence-corrected chi connectivity index (χ1v) is 8.04. The Morgan fingerprint density at radius 1 is 0.864 bits per heavy atom. The highest BCUT2D eigenvalue weighted by molar-refractivity contribution is 5.13. The number of benzene rings is 1. The van der Waals surface area contributed by atoms with E-state index in [1.54, 1.807) is 0 Å². The zero-order valence-corrected chi connectivity index (χ0v) is 13.2. The third-order valence-electron chi connectivity index (χ3n) is 3.45. The van der Waals surface area contributed by atoms with Crippen molar-refractivity contribution in [3.8, 4) is 0 Å². The molecule has 0 bridgehead atoms. The van der Waals surface area contributed by atoms with Crippen molar-refractivity contribution in [1.29, 1.82) is 0 Å². The molecule has 0 aliphatic carbocycles. The van der Waals surface area contributed by atoms with Crippen LogP contribution >= 0.6 is 0 Å². The van der Waals surface area contributed by atoms with Gasteiger partial charge in [0.2, 0.25) is 0 Å². The summed E-state index contributed by atoms with van der Waals surface area (Å²) in [5, 5.41) is 3.27. The van der Waals surface area contributed by atoms with Gasteiger partial charge >= 0.3 is 0 Å². The summed E-state index contributed by atoms with van der Waals surface area (Å²) in [6, 6.07) is 10.1. The lowest BCUT2D eigenvalue weighted by atomic mass is 10.2. The summed E-state index contributed by atoms with van der Waals surface area (Å²) < 4.78 is 22.1. The predicted molar refractivity (Wildman–Crippen MR) is 85.0 cm³/mol. The zero-order valence-electron chi connectivity index (χ0n) is 13.2. The van der Waals surface area contributed by atoms with Crippen LogP contribution in [-0.4, -0.2) is 58.8 Å². The first kappa shape index (κ1) is 17.4. The van der Waals surface area contributed by atoms with Crippen molar-refractivity contribution in [1.82, 2.24) is 5.32 Å². The maximum absolute atomic E-state index is 5.66. The second-order valence-electron chi connectivity index (χ2n) is 5.25. The molecule has 5 nitrogen and oxygen atoms in total. The summed E-state index contributed by atoms with van der Waals surface area (Å²) in [7, 11) is 0. The van der Waals surface area contributed by atoms with Gasteiger partial charge in [-0.3, -0.25) is 0 Å². The van der Waals surface area contributed by atoms with Gasteiger partial charge < -0.3 is 24.3 Å². The standard InChI is InChI=1S/C17H27NO4/c1-2-4-16(5-3-1)15-21-11-10-19-8-9-20-12-13-22-17-6-7-18-14-17/h1-5,17-18H,6-15H2/t17-/m0/s1. The molecule has 1 atom stereocenters. The molecule has 1 heterocycles. The maximum atomic E-state index is 5.66. The molecule has 0 radical (unpaired) electrons. The Morgan fingerprint density at radius 3 is 2.23 bits per heavy atom. The molecule has 1 aromatic rings. The molecule has 0 aromatic heterocycles. The average molecular weight is 309 g/mol. The van der Waals surface area contributed by atoms with Crippen molar-refractivity contribution in [2.45, 2.75) is 19.1 Å². The van der Waals surface area contributed by atoms with Gasteiger partial charge in [-0.1, -0.05) is 30.3 Å². The molecule has 1 saturated heterocycles. The van der Waals surface area contributed by atoms with Gasteiger partial charge in [0.15, 0.2) is 0 Å². The van der Waals surface area contributed by atoms with Crippen LogP contribution < -0.4 is 5.32 Å². The Balaban J connectivity index is 1.30. The van der Waals surface area contributed by atoms with Gasteiger partial charge in [0, 0.05) is 6.54 Å². The van der Waals surface area contributed by atoms with Gasteiger partial charge in [0.1, 0.15) is 0 Å². The minimum absolute atomic E-state index is 0.363. The van der Waals surface area contributed by atoms with Crippen LogP contribution in [0.2, 0.25) is 0 Å². The van der Waals surface area contributed by atoms with E-state index >= 15 is 0 Å². The van der Waals surface area contributed by atoms with Gasteiger partial charge in [-0.15, -0.1) is 0 Å². The van der Waals surface area contributed by atoms with Crippen LogP contribution in [-0.2, 0) is 25.6 Å². The third-order valence-corrected chi connectivity index (χ3v) is 3.45. The number of ether oxygens (including phenoxy) is 4. The van der Waals surface area contributed by atoms with E-state index < -0.39 is 0 Å². The quantitative estimate of drug-likeness (QED) is 0.595. The van der Waals surface area contributed by atoms with E-state index in [1.807, 2.05) is 18.2 Å². The Bertz CT molecular complexity index is 368. The third kappa shape index (κ3) is 7.87. The first-order valence-electron chi connectivity index (χ1n) is 8.04. The van der Waals surface area contributed by atoms with Crippen molar-refractivity contribution < 1.29 is 18.9 Å². The fraction of sp³-hybridized carbons (Fsp3) is 0.647. The Hall–Kier alpha value is -0.980. The van der Waals surface area contributed by atoms with Crippen LogP contribution in [0, 0.1) is 0 Å². The number of hydrogen-bond donors (Lipinski definition) is 1. The van der Waals surface area contributed by atoms with E-state index in [0.717, 1.165) is 19.5 Å². The normalized spacial score (nSPS) is 17.9. The van der Waals surface area contributed by atoms with Crippen molar-refractivity contribution >= 4 is 0 Å². The van der Waals surface area contributed by atoms with E-state index in [-0.39, 0.29) is 0 Å². The predicted octanol–water partition coefficient (Wildman–Crippen LogP) is 1.61. The molecule has 5 heteroatoms. The number of hydrogen-bond acceptors (Lipinski definition) is 5. The molecule has 0 spiro atoms. The second kappa shape index (κ2) is 11.6. The number of rotatable bonds is 12. The van der Waals surface area contributed by atoms with E-state index in [2.05, 4.69) is 17.4 Å². The molecule has 22 heavy (non-hydrogen) atoms. The minimum Gasteiger partial charge on any atom is -0.377 e. The summed E-state index contributed by atoms with van der Waals surface area (Å²) in [6.07, 6.45) is 1.47. The molecule has 0 saturated carbocycles. The first-order chi connectivity index (χ1) is 10.9. The van der Waals surface area contributed by atoms with Crippen molar-refractivity contribution in [3.05, 3.63) is 35.9 Å². The van der Waals surface area contributed by atoms with Crippen LogP contribution in [0.4, 0.5) is 0 Å². The van der Waals surface area contributed by atoms with E-state index in [0.29, 0.717) is 52.4 Å². The number of nitrogens with one attached hydrogen (secondary N) is 1. The fourth-order valence-electron chi connectivity index (χ4n) is 2.25. The van der Waals surface area contributed by atoms with E-state index in [1.165, 1.54) is 5.56 Å². The highest BCUT2D eigenvalue weighted by atomic mass is 16.6. The largest absolute Gasteiger partial charge is 0.377 e. The summed E-state index contributed by atoms with van der Waals surface area (Å²) >= 11 is 0. The average Bonchev–Trinajstić information content (AvgIpc) is 3.07. The van der Waals surface area contributed by atoms with Gasteiger partial charge in [-0.2, -0.15) is 0 Å². The highest BCUT2D eigenvalue weighted by Crippen LogP contribution is 2.02. The van der Waals surface area contributed by atoms with Crippen molar-refractivity contribution in [3.63, 3.8) is 0 Å². The topological polar surface area (TPSA) is 49.0 Å². The van der Waals surface area contributed by atoms with Gasteiger partial charge in [-0.05, 0) is 18.5 Å². The van der Waals surface area contributed by atoms with Crippen LogP contribution in [0.1, 0.15) is 12.0 Å². The summed E-state index contributed by atoms with van der Waals surface area (Å²) in [6.45, 7) is 6.35. The molecular formula is C17H27NO4. The van der Waals surface area contributed by atoms with Crippen LogP contribution in [0.5, 0.6) is 0 Å². The van der Waals surface area contributed by atoms with E-state index in [4.69, 9.17) is 18.9 Å². The smallest absolute Gasteiger partial charge is 0.0718 e. The lowest BCUT2D eigenvalue weighted by molar-refractivity contribution is -0.0159. The van der Waals surface area contributed by atoms with Crippen molar-refractivity contribution in [2.75, 3.05) is 52.7 Å². The molecule has 1 aromatic carbocycles. The van der Waals surface area contributed by atoms with Crippen LogP contribution in [0.15, 0.2) is 30.3 Å². The summed E-state index contributed by atoms with van der Waals surface area (Å²) in [4.78, 5) is 0. The molecular weight excluding hydrogens is 282 g/mol. The molecule has 2 rings (SSSR count). The van der Waals surface area contributed by atoms with Gasteiger partial charge in [0.05, 0.1) is 52.4 Å². The fourth-order valence-corrected chi connectivity index (χ4v) is 2.25. The minimum atomic E-state index is 0.363. The van der Waals surface area contributed by atoms with Crippen LogP contribution in [0.25, 0.3) is 0 Å². The molecule has 124 valence electrons. The highest BCUT2D eigenvalue weighted by Gasteiger charge is 2.13. The Kier molecular flexibility index (Phi) is 9.14. The lowest BCUT2D eigenvalue weighted by Gasteiger charge is -2.10. The summed E-state index contributed by atoms with van der Waals surface area (Å²) in [5.74, 6) is 0. The maximum Gasteiger partial charge on any atom is 0.0718 e. The zero-order chi connectivity index (χ0) is 15.3.